The molecule has 7 atom stereocenters. The van der Waals surface area contributed by atoms with Gasteiger partial charge in [-0.25, -0.2) is 0 Å². The van der Waals surface area contributed by atoms with Crippen molar-refractivity contribution in [3.05, 3.63) is 11.1 Å². The molecule has 0 aromatic rings. The molecule has 3 nitrogen and oxygen atoms in total. The molecule has 2 unspecified atom stereocenters. The molecule has 0 saturated heterocycles. The maximum Gasteiger partial charge on any atom is 0.139 e. The van der Waals surface area contributed by atoms with Crippen LogP contribution in [0.2, 0.25) is 0 Å². The van der Waals surface area contributed by atoms with Gasteiger partial charge in [-0.3, -0.25) is 4.79 Å². The van der Waals surface area contributed by atoms with E-state index in [1.54, 1.807) is 0 Å². The van der Waals surface area contributed by atoms with Gasteiger partial charge in [0.15, 0.2) is 0 Å². The SMILES string of the molecule is CC1=C2C(C)C(=O)CC[C@]2(C=O)[C@@H]2CC[C@@]3(C)[C@@H](CCC3(C)O)[C@@H]2C1. The standard InChI is InChI=1S/C22H32O3/c1-13-11-15-16-6-9-21(4,25)20(16,3)8-5-17(15)22(12-23)10-7-18(24)14(2)19(13)22/h12,14-17,25H,5-11H2,1-4H3/t14?,15-,16-,17+,20-,21?,22-/m0/s1. The summed E-state index contributed by atoms with van der Waals surface area (Å²) >= 11 is 0. The van der Waals surface area contributed by atoms with Gasteiger partial charge in [-0.05, 0) is 81.1 Å². The molecule has 3 heteroatoms. The average molecular weight is 344 g/mol. The van der Waals surface area contributed by atoms with Crippen LogP contribution in [0.5, 0.6) is 0 Å². The van der Waals surface area contributed by atoms with Gasteiger partial charge in [0.25, 0.3) is 0 Å². The lowest BCUT2D eigenvalue weighted by Gasteiger charge is -2.59. The van der Waals surface area contributed by atoms with Crippen LogP contribution in [0.3, 0.4) is 0 Å². The van der Waals surface area contributed by atoms with Crippen LogP contribution in [0.15, 0.2) is 11.1 Å². The minimum atomic E-state index is -0.593. The molecule has 0 spiro atoms. The Bertz CT molecular complexity index is 660. The highest BCUT2D eigenvalue weighted by atomic mass is 16.3. The van der Waals surface area contributed by atoms with E-state index < -0.39 is 11.0 Å². The second-order valence-corrected chi connectivity index (χ2v) is 9.89. The second-order valence-electron chi connectivity index (χ2n) is 9.89. The smallest absolute Gasteiger partial charge is 0.139 e. The van der Waals surface area contributed by atoms with E-state index in [9.17, 15) is 14.7 Å². The molecule has 4 aliphatic carbocycles. The summed E-state index contributed by atoms with van der Waals surface area (Å²) in [4.78, 5) is 24.8. The number of ketones is 1. The average Bonchev–Trinajstić information content (AvgIpc) is 2.81. The number of aliphatic hydroxyl groups is 1. The predicted molar refractivity (Wildman–Crippen MR) is 96.9 cm³/mol. The Hall–Kier alpha value is -0.960. The molecule has 0 amide bonds. The number of allylic oxidation sites excluding steroid dienone is 2. The first-order valence-corrected chi connectivity index (χ1v) is 10.1. The van der Waals surface area contributed by atoms with Crippen molar-refractivity contribution < 1.29 is 14.7 Å². The number of fused-ring (bicyclic) bond motifs is 5. The summed E-state index contributed by atoms with van der Waals surface area (Å²) in [5.41, 5.74) is 1.39. The van der Waals surface area contributed by atoms with Crippen LogP contribution in [0.25, 0.3) is 0 Å². The molecule has 0 aromatic carbocycles. The molecular formula is C22H32O3. The van der Waals surface area contributed by atoms with Crippen LogP contribution < -0.4 is 0 Å². The Morgan fingerprint density at radius 3 is 2.48 bits per heavy atom. The zero-order chi connectivity index (χ0) is 18.2. The number of hydrogen-bond acceptors (Lipinski definition) is 3. The number of carbonyl (C=O) groups is 2. The van der Waals surface area contributed by atoms with Crippen molar-refractivity contribution in [2.45, 2.75) is 78.2 Å². The van der Waals surface area contributed by atoms with E-state index in [1.165, 1.54) is 11.9 Å². The summed E-state index contributed by atoms with van der Waals surface area (Å²) in [5, 5.41) is 11.0. The third-order valence-electron chi connectivity index (χ3n) is 9.08. The van der Waals surface area contributed by atoms with E-state index in [0.29, 0.717) is 36.4 Å². The van der Waals surface area contributed by atoms with Gasteiger partial charge in [-0.15, -0.1) is 0 Å². The van der Waals surface area contributed by atoms with Crippen molar-refractivity contribution in [3.63, 3.8) is 0 Å². The predicted octanol–water partition coefficient (Wildman–Crippen LogP) is 4.08. The first kappa shape index (κ1) is 17.5. The molecule has 25 heavy (non-hydrogen) atoms. The van der Waals surface area contributed by atoms with Gasteiger partial charge in [0.1, 0.15) is 12.1 Å². The molecule has 3 fully saturated rings. The summed E-state index contributed by atoms with van der Waals surface area (Å²) < 4.78 is 0. The quantitative estimate of drug-likeness (QED) is 0.576. The molecule has 138 valence electrons. The monoisotopic (exact) mass is 344 g/mol. The zero-order valence-electron chi connectivity index (χ0n) is 16.1. The first-order valence-electron chi connectivity index (χ1n) is 10.1. The Morgan fingerprint density at radius 2 is 1.80 bits per heavy atom. The summed E-state index contributed by atoms with van der Waals surface area (Å²) in [5.74, 6) is 1.52. The van der Waals surface area contributed by atoms with Gasteiger partial charge in [0.05, 0.1) is 11.0 Å². The molecule has 3 saturated carbocycles. The highest BCUT2D eigenvalue weighted by Gasteiger charge is 2.64. The molecule has 0 aliphatic heterocycles. The van der Waals surface area contributed by atoms with E-state index in [2.05, 4.69) is 13.8 Å². The van der Waals surface area contributed by atoms with Crippen LogP contribution in [-0.2, 0) is 9.59 Å². The third-order valence-corrected chi connectivity index (χ3v) is 9.08. The van der Waals surface area contributed by atoms with Gasteiger partial charge in [0, 0.05) is 12.3 Å². The highest BCUT2D eigenvalue weighted by Crippen LogP contribution is 2.67. The van der Waals surface area contributed by atoms with Crippen LogP contribution >= 0.6 is 0 Å². The van der Waals surface area contributed by atoms with Crippen LogP contribution in [0, 0.1) is 34.5 Å². The Balaban J connectivity index is 1.81. The molecule has 4 rings (SSSR count). The van der Waals surface area contributed by atoms with Gasteiger partial charge < -0.3 is 9.90 Å². The number of rotatable bonds is 1. The highest BCUT2D eigenvalue weighted by molar-refractivity contribution is 5.88. The minimum Gasteiger partial charge on any atom is -0.390 e. The Labute approximate surface area is 151 Å². The lowest BCUT2D eigenvalue weighted by atomic mass is 9.45. The summed E-state index contributed by atoms with van der Waals surface area (Å²) in [6.07, 6.45) is 7.39. The van der Waals surface area contributed by atoms with Crippen molar-refractivity contribution in [2.24, 2.45) is 34.5 Å². The number of Topliss-reactive ketones (excluding diaryl/α,β-unsaturated/α-hetero) is 1. The molecular weight excluding hydrogens is 312 g/mol. The van der Waals surface area contributed by atoms with Crippen molar-refractivity contribution in [1.82, 2.24) is 0 Å². The van der Waals surface area contributed by atoms with Crippen molar-refractivity contribution >= 4 is 12.1 Å². The topological polar surface area (TPSA) is 54.4 Å². The summed E-state index contributed by atoms with van der Waals surface area (Å²) in [6.45, 7) is 8.45. The number of aldehydes is 1. The Morgan fingerprint density at radius 1 is 1.12 bits per heavy atom. The normalized spacial score (nSPS) is 52.4. The lowest BCUT2D eigenvalue weighted by molar-refractivity contribution is -0.139. The van der Waals surface area contributed by atoms with E-state index in [1.807, 2.05) is 13.8 Å². The van der Waals surface area contributed by atoms with Crippen molar-refractivity contribution in [2.75, 3.05) is 0 Å². The molecule has 0 heterocycles. The van der Waals surface area contributed by atoms with E-state index in [-0.39, 0.29) is 11.3 Å². The fraction of sp³-hybridized carbons (Fsp3) is 0.818. The van der Waals surface area contributed by atoms with Crippen molar-refractivity contribution in [3.8, 4) is 0 Å². The first-order chi connectivity index (χ1) is 11.7. The van der Waals surface area contributed by atoms with Crippen molar-refractivity contribution in [1.29, 1.82) is 0 Å². The van der Waals surface area contributed by atoms with Crippen LogP contribution in [-0.4, -0.2) is 22.8 Å². The molecule has 0 radical (unpaired) electrons. The van der Waals surface area contributed by atoms with Gasteiger partial charge in [-0.2, -0.15) is 0 Å². The zero-order valence-corrected chi connectivity index (χ0v) is 16.1. The largest absolute Gasteiger partial charge is 0.390 e. The van der Waals surface area contributed by atoms with Gasteiger partial charge in [-0.1, -0.05) is 19.4 Å². The third kappa shape index (κ3) is 2.02. The second kappa shape index (κ2) is 5.28. The van der Waals surface area contributed by atoms with E-state index in [0.717, 1.165) is 37.7 Å². The van der Waals surface area contributed by atoms with Crippen LogP contribution in [0.1, 0.15) is 72.6 Å². The maximum absolute atomic E-state index is 12.5. The fourth-order valence-electron chi connectivity index (χ4n) is 7.53. The molecule has 0 aromatic heterocycles. The summed E-state index contributed by atoms with van der Waals surface area (Å²) in [7, 11) is 0. The Kier molecular flexibility index (Phi) is 3.69. The number of carbonyl (C=O) groups excluding carboxylic acids is 2. The lowest BCUT2D eigenvalue weighted by Crippen LogP contribution is -2.56. The van der Waals surface area contributed by atoms with E-state index >= 15 is 0 Å². The fourth-order valence-corrected chi connectivity index (χ4v) is 7.53. The molecule has 4 aliphatic rings. The molecule has 1 N–H and O–H groups in total. The molecule has 0 bridgehead atoms. The van der Waals surface area contributed by atoms with E-state index in [4.69, 9.17) is 0 Å². The maximum atomic E-state index is 12.5. The van der Waals surface area contributed by atoms with Gasteiger partial charge >= 0.3 is 0 Å². The van der Waals surface area contributed by atoms with Crippen LogP contribution in [0.4, 0.5) is 0 Å². The number of hydrogen-bond donors (Lipinski definition) is 1. The van der Waals surface area contributed by atoms with Gasteiger partial charge in [0.2, 0.25) is 0 Å². The summed E-state index contributed by atoms with van der Waals surface area (Å²) in [6, 6.07) is 0. The minimum absolute atomic E-state index is 0.0356.